The molecule has 0 bridgehead atoms. The van der Waals surface area contributed by atoms with Gasteiger partial charge in [0.1, 0.15) is 6.54 Å². The number of amides is 2. The standard InChI is InChI=1S/C24H25N3O3/c1-2-3-4-5-17-6-8-18(9-7-17)23-20-14-26(15-22(29)27(20)21(23)16-28)24(30)19-10-12-25-13-11-19/h6-13,20-21,23,28H,2-3,14-16H2,1H3/t20-,21+,23-/m1/s1. The van der Waals surface area contributed by atoms with Crippen LogP contribution in [0.3, 0.4) is 0 Å². The lowest BCUT2D eigenvalue weighted by Gasteiger charge is -2.58. The molecule has 1 N–H and O–H groups in total. The van der Waals surface area contributed by atoms with Crippen molar-refractivity contribution in [2.45, 2.75) is 37.8 Å². The van der Waals surface area contributed by atoms with Gasteiger partial charge in [0.05, 0.1) is 18.7 Å². The van der Waals surface area contributed by atoms with Crippen LogP contribution >= 0.6 is 0 Å². The molecule has 1 aromatic heterocycles. The summed E-state index contributed by atoms with van der Waals surface area (Å²) in [7, 11) is 0. The Bertz CT molecular complexity index is 978. The van der Waals surface area contributed by atoms with Crippen LogP contribution in [0.25, 0.3) is 0 Å². The van der Waals surface area contributed by atoms with Gasteiger partial charge < -0.3 is 14.9 Å². The molecule has 6 heteroatoms. The molecule has 0 saturated carbocycles. The van der Waals surface area contributed by atoms with Crippen LogP contribution in [0.5, 0.6) is 0 Å². The third-order valence-electron chi connectivity index (χ3n) is 5.87. The van der Waals surface area contributed by atoms with Gasteiger partial charge in [0.25, 0.3) is 5.91 Å². The molecule has 30 heavy (non-hydrogen) atoms. The summed E-state index contributed by atoms with van der Waals surface area (Å²) in [6.45, 7) is 2.49. The second kappa shape index (κ2) is 8.68. The zero-order valence-corrected chi connectivity index (χ0v) is 17.0. The molecule has 6 nitrogen and oxygen atoms in total. The molecule has 2 aliphatic heterocycles. The van der Waals surface area contributed by atoms with E-state index >= 15 is 0 Å². The van der Waals surface area contributed by atoms with Crippen molar-refractivity contribution in [3.8, 4) is 11.8 Å². The fraction of sp³-hybridized carbons (Fsp3) is 0.375. The molecule has 2 saturated heterocycles. The summed E-state index contributed by atoms with van der Waals surface area (Å²) in [5, 5.41) is 9.92. The van der Waals surface area contributed by atoms with E-state index in [0.29, 0.717) is 12.1 Å². The predicted molar refractivity (Wildman–Crippen MR) is 113 cm³/mol. The Morgan fingerprint density at radius 1 is 1.20 bits per heavy atom. The molecule has 0 unspecified atom stereocenters. The number of hydrogen-bond acceptors (Lipinski definition) is 4. The highest BCUT2D eigenvalue weighted by molar-refractivity contribution is 5.97. The van der Waals surface area contributed by atoms with Crippen LogP contribution in [0.15, 0.2) is 48.8 Å². The van der Waals surface area contributed by atoms with Crippen molar-refractivity contribution in [3.63, 3.8) is 0 Å². The predicted octanol–water partition coefficient (Wildman–Crippen LogP) is 2.04. The molecule has 154 valence electrons. The van der Waals surface area contributed by atoms with E-state index in [1.54, 1.807) is 34.3 Å². The molecule has 2 fully saturated rings. The van der Waals surface area contributed by atoms with Gasteiger partial charge in [-0.1, -0.05) is 30.9 Å². The highest BCUT2D eigenvalue weighted by Gasteiger charge is 2.54. The second-order valence-electron chi connectivity index (χ2n) is 7.74. The summed E-state index contributed by atoms with van der Waals surface area (Å²) in [6, 6.07) is 10.9. The Hall–Kier alpha value is -3.17. The first-order valence-corrected chi connectivity index (χ1v) is 10.3. The van der Waals surface area contributed by atoms with Gasteiger partial charge in [-0.15, -0.1) is 0 Å². The lowest BCUT2D eigenvalue weighted by Crippen LogP contribution is -2.73. The minimum Gasteiger partial charge on any atom is -0.394 e. The maximum absolute atomic E-state index is 12.8. The summed E-state index contributed by atoms with van der Waals surface area (Å²) in [5.74, 6) is 6.00. The largest absolute Gasteiger partial charge is 0.394 e. The molecule has 0 radical (unpaired) electrons. The molecular weight excluding hydrogens is 378 g/mol. The van der Waals surface area contributed by atoms with E-state index in [-0.39, 0.29) is 43.0 Å². The average Bonchev–Trinajstić information content (AvgIpc) is 2.76. The van der Waals surface area contributed by atoms with Gasteiger partial charge in [-0.05, 0) is 36.2 Å². The molecular formula is C24H25N3O3. The number of carbonyl (C=O) groups is 2. The second-order valence-corrected chi connectivity index (χ2v) is 7.74. The normalized spacial score (nSPS) is 22.6. The zero-order valence-electron chi connectivity index (χ0n) is 17.0. The first-order chi connectivity index (χ1) is 14.6. The van der Waals surface area contributed by atoms with Crippen LogP contribution in [0.2, 0.25) is 0 Å². The lowest BCUT2D eigenvalue weighted by molar-refractivity contribution is -0.159. The molecule has 2 aliphatic rings. The third-order valence-corrected chi connectivity index (χ3v) is 5.87. The smallest absolute Gasteiger partial charge is 0.254 e. The van der Waals surface area contributed by atoms with Gasteiger partial charge in [0.2, 0.25) is 5.91 Å². The van der Waals surface area contributed by atoms with E-state index < -0.39 is 0 Å². The summed E-state index contributed by atoms with van der Waals surface area (Å²) in [5.41, 5.74) is 2.54. The summed E-state index contributed by atoms with van der Waals surface area (Å²) in [6.07, 6.45) is 5.05. The number of fused-ring (bicyclic) bond motifs is 1. The Labute approximate surface area is 176 Å². The molecule has 0 aliphatic carbocycles. The van der Waals surface area contributed by atoms with Gasteiger partial charge in [0, 0.05) is 42.4 Å². The summed E-state index contributed by atoms with van der Waals surface area (Å²) in [4.78, 5) is 32.9. The number of piperazine rings is 1. The number of nitrogens with zero attached hydrogens (tertiary/aromatic N) is 3. The Kier molecular flexibility index (Phi) is 5.82. The molecule has 2 amide bonds. The quantitative estimate of drug-likeness (QED) is 0.793. The molecule has 4 rings (SSSR count). The molecule has 1 aromatic carbocycles. The first kappa shape index (κ1) is 20.1. The monoisotopic (exact) mass is 403 g/mol. The van der Waals surface area contributed by atoms with E-state index in [2.05, 4.69) is 23.7 Å². The van der Waals surface area contributed by atoms with E-state index in [1.165, 1.54) is 0 Å². The average molecular weight is 403 g/mol. The van der Waals surface area contributed by atoms with Crippen molar-refractivity contribution in [2.75, 3.05) is 19.7 Å². The minimum atomic E-state index is -0.252. The van der Waals surface area contributed by atoms with Crippen LogP contribution in [0, 0.1) is 11.8 Å². The van der Waals surface area contributed by atoms with E-state index in [0.717, 1.165) is 24.0 Å². The number of pyridine rings is 1. The summed E-state index contributed by atoms with van der Waals surface area (Å²) < 4.78 is 0. The summed E-state index contributed by atoms with van der Waals surface area (Å²) >= 11 is 0. The minimum absolute atomic E-state index is 0.00959. The first-order valence-electron chi connectivity index (χ1n) is 10.3. The number of unbranched alkanes of at least 4 members (excludes halogenated alkanes) is 1. The highest BCUT2D eigenvalue weighted by Crippen LogP contribution is 2.43. The van der Waals surface area contributed by atoms with Gasteiger partial charge >= 0.3 is 0 Å². The Morgan fingerprint density at radius 3 is 2.60 bits per heavy atom. The number of carbonyl (C=O) groups excluding carboxylic acids is 2. The third kappa shape index (κ3) is 3.69. The number of rotatable bonds is 4. The van der Waals surface area contributed by atoms with Gasteiger partial charge in [-0.25, -0.2) is 0 Å². The van der Waals surface area contributed by atoms with Crippen molar-refractivity contribution in [1.82, 2.24) is 14.8 Å². The Balaban J connectivity index is 1.54. The van der Waals surface area contributed by atoms with Crippen molar-refractivity contribution >= 4 is 11.8 Å². The van der Waals surface area contributed by atoms with E-state index in [4.69, 9.17) is 0 Å². The van der Waals surface area contributed by atoms with Crippen LogP contribution in [-0.4, -0.2) is 63.5 Å². The molecule has 0 spiro atoms. The van der Waals surface area contributed by atoms with Crippen LogP contribution in [0.1, 0.15) is 47.2 Å². The van der Waals surface area contributed by atoms with Crippen molar-refractivity contribution < 1.29 is 14.7 Å². The highest BCUT2D eigenvalue weighted by atomic mass is 16.3. The number of aliphatic hydroxyl groups is 1. The van der Waals surface area contributed by atoms with Crippen molar-refractivity contribution in [1.29, 1.82) is 0 Å². The van der Waals surface area contributed by atoms with Crippen LogP contribution in [-0.2, 0) is 4.79 Å². The Morgan fingerprint density at radius 2 is 1.93 bits per heavy atom. The van der Waals surface area contributed by atoms with Gasteiger partial charge in [-0.3, -0.25) is 14.6 Å². The number of aromatic nitrogens is 1. The number of hydrogen-bond donors (Lipinski definition) is 1. The molecule has 3 atom stereocenters. The van der Waals surface area contributed by atoms with Gasteiger partial charge in [0.15, 0.2) is 0 Å². The van der Waals surface area contributed by atoms with Crippen LogP contribution in [0.4, 0.5) is 0 Å². The maximum Gasteiger partial charge on any atom is 0.254 e. The number of aliphatic hydroxyl groups excluding tert-OH is 1. The lowest BCUT2D eigenvalue weighted by atomic mass is 9.73. The maximum atomic E-state index is 12.8. The van der Waals surface area contributed by atoms with Crippen LogP contribution < -0.4 is 0 Å². The molecule has 3 heterocycles. The zero-order chi connectivity index (χ0) is 21.1. The van der Waals surface area contributed by atoms with E-state index in [9.17, 15) is 14.7 Å². The van der Waals surface area contributed by atoms with Crippen molar-refractivity contribution in [2.24, 2.45) is 0 Å². The van der Waals surface area contributed by atoms with Gasteiger partial charge in [-0.2, -0.15) is 0 Å². The topological polar surface area (TPSA) is 73.7 Å². The van der Waals surface area contributed by atoms with E-state index in [1.807, 2.05) is 24.3 Å². The molecule has 2 aromatic rings. The fourth-order valence-corrected chi connectivity index (χ4v) is 4.41. The number of benzene rings is 1. The SMILES string of the molecule is CCCC#Cc1ccc([C@@H]2[C@H]3CN(C(=O)c4ccncc4)CC(=O)N3[C@H]2CO)cc1. The fourth-order valence-electron chi connectivity index (χ4n) is 4.41. The van der Waals surface area contributed by atoms with Crippen molar-refractivity contribution in [3.05, 3.63) is 65.5 Å².